The van der Waals surface area contributed by atoms with Gasteiger partial charge in [-0.1, -0.05) is 0 Å². The van der Waals surface area contributed by atoms with Gasteiger partial charge in [0.2, 0.25) is 0 Å². The van der Waals surface area contributed by atoms with Crippen LogP contribution in [0, 0.1) is 0 Å². The molecular formula is C13H19N3OS. The van der Waals surface area contributed by atoms with Crippen molar-refractivity contribution in [3.8, 4) is 0 Å². The van der Waals surface area contributed by atoms with Crippen LogP contribution in [0.1, 0.15) is 13.8 Å². The highest BCUT2D eigenvalue weighted by Gasteiger charge is 2.36. The summed E-state index contributed by atoms with van der Waals surface area (Å²) in [7, 11) is -0.893. The minimum atomic E-state index is -0.893. The van der Waals surface area contributed by atoms with E-state index in [2.05, 4.69) is 28.6 Å². The zero-order valence-electron chi connectivity index (χ0n) is 10.9. The average molecular weight is 265 g/mol. The lowest BCUT2D eigenvalue weighted by atomic mass is 10.1. The Morgan fingerprint density at radius 3 is 3.06 bits per heavy atom. The highest BCUT2D eigenvalue weighted by molar-refractivity contribution is 7.85. The zero-order chi connectivity index (χ0) is 12.7. The summed E-state index contributed by atoms with van der Waals surface area (Å²) in [6, 6.07) is 4.74. The molecule has 0 N–H and O–H groups in total. The first kappa shape index (κ1) is 12.1. The van der Waals surface area contributed by atoms with E-state index in [9.17, 15) is 4.21 Å². The molecule has 0 amide bonds. The summed E-state index contributed by atoms with van der Waals surface area (Å²) in [4.78, 5) is 10.2. The van der Waals surface area contributed by atoms with Crippen molar-refractivity contribution in [2.24, 2.45) is 0 Å². The van der Waals surface area contributed by atoms with Crippen LogP contribution in [0.25, 0.3) is 0 Å². The second-order valence-electron chi connectivity index (χ2n) is 5.27. The predicted octanol–water partition coefficient (Wildman–Crippen LogP) is 1.10. The number of hydrogen-bond donors (Lipinski definition) is 0. The summed E-state index contributed by atoms with van der Waals surface area (Å²) in [5.41, 5.74) is 0. The van der Waals surface area contributed by atoms with E-state index in [1.54, 1.807) is 6.20 Å². The van der Waals surface area contributed by atoms with E-state index >= 15 is 0 Å². The van der Waals surface area contributed by atoms with Crippen LogP contribution in [0.5, 0.6) is 0 Å². The number of hydrogen-bond acceptors (Lipinski definition) is 4. The normalized spacial score (nSPS) is 28.1. The molecule has 3 heterocycles. The molecule has 2 unspecified atom stereocenters. The number of anilines is 1. The van der Waals surface area contributed by atoms with Gasteiger partial charge in [-0.05, 0) is 26.0 Å². The molecule has 3 rings (SSSR count). The Labute approximate surface area is 110 Å². The molecule has 2 atom stereocenters. The van der Waals surface area contributed by atoms with Gasteiger partial charge >= 0.3 is 0 Å². The van der Waals surface area contributed by atoms with Crippen molar-refractivity contribution in [3.63, 3.8) is 0 Å². The van der Waals surface area contributed by atoms with Crippen LogP contribution < -0.4 is 4.90 Å². The fraction of sp³-hybridized carbons (Fsp3) is 0.615. The molecule has 0 saturated carbocycles. The smallest absolute Gasteiger partial charge is 0.145 e. The lowest BCUT2D eigenvalue weighted by Gasteiger charge is -2.46. The van der Waals surface area contributed by atoms with Crippen molar-refractivity contribution in [2.45, 2.75) is 30.8 Å². The van der Waals surface area contributed by atoms with Crippen molar-refractivity contribution in [1.82, 2.24) is 9.88 Å². The van der Waals surface area contributed by atoms with Gasteiger partial charge in [-0.15, -0.1) is 0 Å². The molecule has 18 heavy (non-hydrogen) atoms. The van der Waals surface area contributed by atoms with Gasteiger partial charge in [-0.2, -0.15) is 0 Å². The van der Waals surface area contributed by atoms with E-state index in [1.807, 2.05) is 12.1 Å². The van der Waals surface area contributed by atoms with Crippen LogP contribution in [-0.4, -0.2) is 51.6 Å². The second-order valence-corrected chi connectivity index (χ2v) is 6.74. The van der Waals surface area contributed by atoms with E-state index in [4.69, 9.17) is 0 Å². The average Bonchev–Trinajstić information content (AvgIpc) is 2.38. The third kappa shape index (κ3) is 1.95. The lowest BCUT2D eigenvalue weighted by molar-refractivity contribution is 0.185. The number of rotatable bonds is 1. The minimum absolute atomic E-state index is 0.351. The molecule has 0 spiro atoms. The molecule has 0 aliphatic carbocycles. The predicted molar refractivity (Wildman–Crippen MR) is 73.4 cm³/mol. The maximum Gasteiger partial charge on any atom is 0.145 e. The van der Waals surface area contributed by atoms with E-state index in [-0.39, 0.29) is 0 Å². The number of pyridine rings is 1. The lowest BCUT2D eigenvalue weighted by Crippen LogP contribution is -2.58. The van der Waals surface area contributed by atoms with Gasteiger partial charge in [0.25, 0.3) is 0 Å². The van der Waals surface area contributed by atoms with Crippen LogP contribution in [0.4, 0.5) is 5.82 Å². The topological polar surface area (TPSA) is 36.4 Å². The van der Waals surface area contributed by atoms with Crippen molar-refractivity contribution >= 4 is 16.6 Å². The van der Waals surface area contributed by atoms with Crippen LogP contribution in [0.15, 0.2) is 23.2 Å². The second kappa shape index (κ2) is 4.63. The summed E-state index contributed by atoms with van der Waals surface area (Å²) in [6.45, 7) is 7.50. The molecule has 0 bridgehead atoms. The molecule has 1 saturated heterocycles. The Bertz CT molecular complexity index is 477. The summed E-state index contributed by atoms with van der Waals surface area (Å²) < 4.78 is 12.2. The van der Waals surface area contributed by atoms with Crippen LogP contribution in [0.3, 0.4) is 0 Å². The summed E-state index contributed by atoms with van der Waals surface area (Å²) >= 11 is 0. The molecule has 0 radical (unpaired) electrons. The number of aromatic nitrogens is 1. The first-order valence-electron chi connectivity index (χ1n) is 6.51. The Kier molecular flexibility index (Phi) is 3.11. The van der Waals surface area contributed by atoms with Crippen LogP contribution in [0.2, 0.25) is 0 Å². The van der Waals surface area contributed by atoms with Crippen molar-refractivity contribution < 1.29 is 4.21 Å². The highest BCUT2D eigenvalue weighted by atomic mass is 32.2. The van der Waals surface area contributed by atoms with Gasteiger partial charge in [0.1, 0.15) is 5.82 Å². The van der Waals surface area contributed by atoms with Crippen molar-refractivity contribution in [2.75, 3.05) is 30.3 Å². The molecule has 1 aromatic heterocycles. The standard InChI is InChI=1S/C13H19N3OS/c1-10(2)15-6-7-16-11(8-15)9-18(17)12-4-3-5-14-13(12)16/h3-5,10-11H,6-9H2,1-2H3. The molecule has 98 valence electrons. The monoisotopic (exact) mass is 265 g/mol. The SMILES string of the molecule is CC(C)N1CCN2c3ncccc3S(=O)CC2C1. The molecule has 5 heteroatoms. The minimum Gasteiger partial charge on any atom is -0.349 e. The van der Waals surface area contributed by atoms with Gasteiger partial charge in [0.05, 0.1) is 27.5 Å². The molecular weight excluding hydrogens is 246 g/mol. The van der Waals surface area contributed by atoms with E-state index in [0.29, 0.717) is 12.1 Å². The van der Waals surface area contributed by atoms with Crippen LogP contribution >= 0.6 is 0 Å². The fourth-order valence-corrected chi connectivity index (χ4v) is 4.23. The Morgan fingerprint density at radius 1 is 1.44 bits per heavy atom. The molecule has 4 nitrogen and oxygen atoms in total. The van der Waals surface area contributed by atoms with Gasteiger partial charge in [-0.25, -0.2) is 4.98 Å². The Hall–Kier alpha value is -0.940. The maximum atomic E-state index is 12.2. The van der Waals surface area contributed by atoms with Crippen molar-refractivity contribution in [3.05, 3.63) is 18.3 Å². The Balaban J connectivity index is 1.90. The molecule has 1 aromatic rings. The van der Waals surface area contributed by atoms with Gasteiger partial charge in [0, 0.05) is 31.9 Å². The third-order valence-corrected chi connectivity index (χ3v) is 5.35. The maximum absolute atomic E-state index is 12.2. The first-order chi connectivity index (χ1) is 8.66. The van der Waals surface area contributed by atoms with Crippen LogP contribution in [-0.2, 0) is 10.8 Å². The number of piperazine rings is 1. The Morgan fingerprint density at radius 2 is 2.28 bits per heavy atom. The van der Waals surface area contributed by atoms with Gasteiger partial charge in [0.15, 0.2) is 0 Å². The van der Waals surface area contributed by atoms with E-state index in [0.717, 1.165) is 36.1 Å². The van der Waals surface area contributed by atoms with Gasteiger partial charge < -0.3 is 4.90 Å². The largest absolute Gasteiger partial charge is 0.349 e. The van der Waals surface area contributed by atoms with E-state index in [1.165, 1.54) is 0 Å². The number of nitrogens with zero attached hydrogens (tertiary/aromatic N) is 3. The van der Waals surface area contributed by atoms with Gasteiger partial charge in [-0.3, -0.25) is 9.11 Å². The molecule has 1 fully saturated rings. The first-order valence-corrected chi connectivity index (χ1v) is 7.83. The zero-order valence-corrected chi connectivity index (χ0v) is 11.7. The molecule has 2 aliphatic heterocycles. The fourth-order valence-electron chi connectivity index (χ4n) is 2.81. The van der Waals surface area contributed by atoms with E-state index < -0.39 is 10.8 Å². The summed E-state index contributed by atoms with van der Waals surface area (Å²) in [5.74, 6) is 1.68. The highest BCUT2D eigenvalue weighted by Crippen LogP contribution is 2.31. The number of fused-ring (bicyclic) bond motifs is 3. The quantitative estimate of drug-likeness (QED) is 0.762. The molecule has 0 aromatic carbocycles. The third-order valence-electron chi connectivity index (χ3n) is 3.86. The summed E-state index contributed by atoms with van der Waals surface area (Å²) in [6.07, 6.45) is 1.80. The van der Waals surface area contributed by atoms with Crippen molar-refractivity contribution in [1.29, 1.82) is 0 Å². The summed E-state index contributed by atoms with van der Waals surface area (Å²) in [5, 5.41) is 0. The molecule has 2 aliphatic rings.